The molecule has 27 heavy (non-hydrogen) atoms. The summed E-state index contributed by atoms with van der Waals surface area (Å²) in [5.41, 5.74) is 1.24. The number of aliphatic hydroxyl groups is 1. The van der Waals surface area contributed by atoms with Gasteiger partial charge in [-0.15, -0.1) is 0 Å². The van der Waals surface area contributed by atoms with Crippen LogP contribution in [-0.2, 0) is 23.2 Å². The maximum atomic E-state index is 12.8. The molecule has 6 rings (SSSR count). The second-order valence-corrected chi connectivity index (χ2v) is 8.38. The Morgan fingerprint density at radius 2 is 2.15 bits per heavy atom. The SMILES string of the molecule is O=C1CC[C@]2(O)[C@H]3Cc4ccc(O)c5c4[C@]2(CCN3Cc2ccoc2)[C@H]1O5. The first-order valence-electron chi connectivity index (χ1n) is 9.57. The molecule has 2 N–H and O–H groups in total. The first-order chi connectivity index (χ1) is 13.0. The number of furan rings is 1. The van der Waals surface area contributed by atoms with Crippen LogP contribution >= 0.6 is 0 Å². The van der Waals surface area contributed by atoms with Crippen molar-refractivity contribution in [3.05, 3.63) is 47.4 Å². The Morgan fingerprint density at radius 1 is 1.26 bits per heavy atom. The largest absolute Gasteiger partial charge is 0.504 e. The topological polar surface area (TPSA) is 83.1 Å². The Kier molecular flexibility index (Phi) is 2.88. The van der Waals surface area contributed by atoms with Crippen LogP contribution in [0.15, 0.2) is 35.1 Å². The van der Waals surface area contributed by atoms with Crippen LogP contribution in [0, 0.1) is 0 Å². The zero-order chi connectivity index (χ0) is 18.4. The van der Waals surface area contributed by atoms with E-state index in [2.05, 4.69) is 4.90 Å². The standard InChI is InChI=1S/C21H21NO5/c23-14-2-1-13-9-16-21(25)5-3-15(24)19-20(21,17(13)18(14)27-19)6-7-22(16)10-12-4-8-26-11-12/h1-2,4,8,11,16,19,23,25H,3,5-7,9-10H2/t16-,19+,20-,21+/m1/s1. The number of likely N-dealkylation sites (tertiary alicyclic amines) is 1. The highest BCUT2D eigenvalue weighted by Crippen LogP contribution is 2.64. The zero-order valence-electron chi connectivity index (χ0n) is 14.9. The third kappa shape index (κ3) is 1.71. The summed E-state index contributed by atoms with van der Waals surface area (Å²) < 4.78 is 11.3. The Bertz CT molecular complexity index is 954. The molecule has 1 saturated heterocycles. The number of hydrogen-bond donors (Lipinski definition) is 2. The lowest BCUT2D eigenvalue weighted by molar-refractivity contribution is -0.189. The highest BCUT2D eigenvalue weighted by atomic mass is 16.5. The van der Waals surface area contributed by atoms with E-state index in [4.69, 9.17) is 9.15 Å². The summed E-state index contributed by atoms with van der Waals surface area (Å²) in [6.45, 7) is 1.47. The minimum Gasteiger partial charge on any atom is -0.504 e. The van der Waals surface area contributed by atoms with E-state index in [1.807, 2.05) is 12.1 Å². The van der Waals surface area contributed by atoms with E-state index in [9.17, 15) is 15.0 Å². The number of hydrogen-bond acceptors (Lipinski definition) is 6. The van der Waals surface area contributed by atoms with Crippen LogP contribution in [0.3, 0.4) is 0 Å². The Labute approximate surface area is 156 Å². The van der Waals surface area contributed by atoms with E-state index >= 15 is 0 Å². The molecule has 2 bridgehead atoms. The van der Waals surface area contributed by atoms with Crippen LogP contribution in [0.1, 0.15) is 36.0 Å². The predicted octanol–water partition coefficient (Wildman–Crippen LogP) is 1.91. The summed E-state index contributed by atoms with van der Waals surface area (Å²) in [5, 5.41) is 22.4. The molecule has 0 unspecified atom stereocenters. The van der Waals surface area contributed by atoms with E-state index in [1.165, 1.54) is 0 Å². The second kappa shape index (κ2) is 4.94. The fourth-order valence-corrected chi connectivity index (χ4v) is 6.22. The van der Waals surface area contributed by atoms with Gasteiger partial charge in [-0.05, 0) is 37.0 Å². The van der Waals surface area contributed by atoms with Gasteiger partial charge in [-0.3, -0.25) is 9.69 Å². The van der Waals surface area contributed by atoms with E-state index in [0.29, 0.717) is 38.0 Å². The highest BCUT2D eigenvalue weighted by molar-refractivity contribution is 5.90. The minimum atomic E-state index is -1.04. The molecule has 2 aliphatic heterocycles. The summed E-state index contributed by atoms with van der Waals surface area (Å²) in [5.74, 6) is 0.505. The monoisotopic (exact) mass is 367 g/mol. The number of nitrogens with zero attached hydrogens (tertiary/aromatic N) is 1. The van der Waals surface area contributed by atoms with Crippen molar-refractivity contribution in [1.29, 1.82) is 0 Å². The maximum absolute atomic E-state index is 12.8. The molecular formula is C21H21NO5. The second-order valence-electron chi connectivity index (χ2n) is 8.38. The number of phenols is 1. The van der Waals surface area contributed by atoms with Crippen molar-refractivity contribution in [2.24, 2.45) is 0 Å². The van der Waals surface area contributed by atoms with Crippen LogP contribution in [-0.4, -0.2) is 45.2 Å². The summed E-state index contributed by atoms with van der Waals surface area (Å²) in [6, 6.07) is 5.43. The molecule has 140 valence electrons. The Balaban J connectivity index is 1.54. The number of benzene rings is 1. The zero-order valence-corrected chi connectivity index (χ0v) is 14.9. The molecule has 6 nitrogen and oxygen atoms in total. The smallest absolute Gasteiger partial charge is 0.174 e. The number of carbonyl (C=O) groups is 1. The molecule has 2 fully saturated rings. The molecule has 0 amide bonds. The molecular weight excluding hydrogens is 346 g/mol. The van der Waals surface area contributed by atoms with Gasteiger partial charge in [0.15, 0.2) is 23.4 Å². The predicted molar refractivity (Wildman–Crippen MR) is 94.6 cm³/mol. The van der Waals surface area contributed by atoms with Gasteiger partial charge < -0.3 is 19.4 Å². The molecule has 2 aromatic rings. The molecule has 3 heterocycles. The Morgan fingerprint density at radius 3 is 2.96 bits per heavy atom. The molecule has 0 radical (unpaired) electrons. The number of Topliss-reactive ketones (excluding diaryl/α,β-unsaturated/α-hetero) is 1. The number of carbonyl (C=O) groups excluding carboxylic acids is 1. The van der Waals surface area contributed by atoms with Crippen LogP contribution in [0.25, 0.3) is 0 Å². The molecule has 1 saturated carbocycles. The minimum absolute atomic E-state index is 0.0326. The van der Waals surface area contributed by atoms with Crippen molar-refractivity contribution in [3.8, 4) is 11.5 Å². The number of piperidine rings is 1. The van der Waals surface area contributed by atoms with Crippen LogP contribution < -0.4 is 4.74 Å². The average molecular weight is 367 g/mol. The number of rotatable bonds is 2. The normalized spacial score (nSPS) is 36.4. The number of ether oxygens (including phenoxy) is 1. The first kappa shape index (κ1) is 15.7. The van der Waals surface area contributed by atoms with Crippen molar-refractivity contribution in [1.82, 2.24) is 4.90 Å². The van der Waals surface area contributed by atoms with Crippen molar-refractivity contribution in [2.75, 3.05) is 6.54 Å². The van der Waals surface area contributed by atoms with Gasteiger partial charge in [-0.2, -0.15) is 0 Å². The van der Waals surface area contributed by atoms with Gasteiger partial charge in [0.05, 0.1) is 23.5 Å². The lowest BCUT2D eigenvalue weighted by Gasteiger charge is -2.62. The third-order valence-corrected chi connectivity index (χ3v) is 7.33. The number of phenolic OH excluding ortho intramolecular Hbond substituents is 1. The van der Waals surface area contributed by atoms with Crippen LogP contribution in [0.5, 0.6) is 11.5 Å². The maximum Gasteiger partial charge on any atom is 0.174 e. The van der Waals surface area contributed by atoms with E-state index in [-0.39, 0.29) is 17.6 Å². The first-order valence-corrected chi connectivity index (χ1v) is 9.57. The van der Waals surface area contributed by atoms with Gasteiger partial charge >= 0.3 is 0 Å². The molecule has 4 atom stereocenters. The average Bonchev–Trinajstić information content (AvgIpc) is 3.27. The van der Waals surface area contributed by atoms with E-state index < -0.39 is 17.1 Å². The summed E-state index contributed by atoms with van der Waals surface area (Å²) >= 11 is 0. The van der Waals surface area contributed by atoms with Gasteiger partial charge in [0, 0.05) is 36.7 Å². The van der Waals surface area contributed by atoms with Gasteiger partial charge in [0.25, 0.3) is 0 Å². The number of ketones is 1. The van der Waals surface area contributed by atoms with Crippen molar-refractivity contribution in [2.45, 2.75) is 55.4 Å². The fraction of sp³-hybridized carbons (Fsp3) is 0.476. The van der Waals surface area contributed by atoms with Gasteiger partial charge in [0.2, 0.25) is 0 Å². The van der Waals surface area contributed by atoms with Gasteiger partial charge in [0.1, 0.15) is 0 Å². The fourth-order valence-electron chi connectivity index (χ4n) is 6.22. The Hall–Kier alpha value is -2.31. The lowest BCUT2D eigenvalue weighted by atomic mass is 9.49. The van der Waals surface area contributed by atoms with Crippen LogP contribution in [0.2, 0.25) is 0 Å². The molecule has 4 aliphatic rings. The third-order valence-electron chi connectivity index (χ3n) is 7.33. The molecule has 6 heteroatoms. The molecule has 1 aromatic heterocycles. The quantitative estimate of drug-likeness (QED) is 0.844. The summed E-state index contributed by atoms with van der Waals surface area (Å²) in [7, 11) is 0. The van der Waals surface area contributed by atoms with Crippen LogP contribution in [0.4, 0.5) is 0 Å². The highest BCUT2D eigenvalue weighted by Gasteiger charge is 2.73. The van der Waals surface area contributed by atoms with E-state index in [1.54, 1.807) is 18.6 Å². The number of aromatic hydroxyl groups is 1. The lowest BCUT2D eigenvalue weighted by Crippen LogP contribution is -2.76. The molecule has 1 spiro atoms. The molecule has 1 aromatic carbocycles. The van der Waals surface area contributed by atoms with Gasteiger partial charge in [-0.1, -0.05) is 6.07 Å². The molecule has 2 aliphatic carbocycles. The van der Waals surface area contributed by atoms with Crippen molar-refractivity contribution in [3.63, 3.8) is 0 Å². The van der Waals surface area contributed by atoms with E-state index in [0.717, 1.165) is 23.2 Å². The van der Waals surface area contributed by atoms with Crippen molar-refractivity contribution >= 4 is 5.78 Å². The summed E-state index contributed by atoms with van der Waals surface area (Å²) in [6.07, 6.45) is 4.78. The van der Waals surface area contributed by atoms with Crippen molar-refractivity contribution < 1.29 is 24.2 Å². The summed E-state index contributed by atoms with van der Waals surface area (Å²) in [4.78, 5) is 15.1. The van der Waals surface area contributed by atoms with Gasteiger partial charge in [-0.25, -0.2) is 0 Å².